The van der Waals surface area contributed by atoms with Crippen molar-refractivity contribution in [1.82, 2.24) is 0 Å². The van der Waals surface area contributed by atoms with Crippen LogP contribution in [0.15, 0.2) is 29.3 Å². The molecular weight excluding hydrogens is 138 g/mol. The van der Waals surface area contributed by atoms with Crippen LogP contribution < -0.4 is 0 Å². The fourth-order valence-corrected chi connectivity index (χ4v) is 0.873. The van der Waals surface area contributed by atoms with E-state index in [1.807, 2.05) is 18.2 Å². The third-order valence-corrected chi connectivity index (χ3v) is 1.49. The number of hydrogen-bond acceptors (Lipinski definition) is 2. The Hall–Kier alpha value is -1.31. The molecule has 0 aliphatic rings. The van der Waals surface area contributed by atoms with Crippen molar-refractivity contribution in [2.75, 3.05) is 7.05 Å². The Morgan fingerprint density at radius 1 is 1.45 bits per heavy atom. The quantitative estimate of drug-likeness (QED) is 0.637. The highest BCUT2D eigenvalue weighted by Gasteiger charge is 1.94. The second-order valence-corrected chi connectivity index (χ2v) is 2.27. The summed E-state index contributed by atoms with van der Waals surface area (Å²) in [6.07, 6.45) is 2.47. The molecule has 1 rings (SSSR count). The summed E-state index contributed by atoms with van der Waals surface area (Å²) in [5, 5.41) is 9.28. The van der Waals surface area contributed by atoms with Crippen LogP contribution >= 0.6 is 0 Å². The lowest BCUT2D eigenvalue weighted by atomic mass is 10.1. The Labute approximate surface area is 66.2 Å². The van der Waals surface area contributed by atoms with Crippen LogP contribution in [0.3, 0.4) is 0 Å². The molecule has 0 bridgehead atoms. The summed E-state index contributed by atoms with van der Waals surface area (Å²) in [4.78, 5) is 3.84. The minimum absolute atomic E-state index is 0.340. The zero-order chi connectivity index (χ0) is 8.10. The third-order valence-electron chi connectivity index (χ3n) is 1.49. The number of para-hydroxylation sites is 1. The lowest BCUT2D eigenvalue weighted by Gasteiger charge is -1.97. The first kappa shape index (κ1) is 7.79. The van der Waals surface area contributed by atoms with E-state index in [4.69, 9.17) is 0 Å². The van der Waals surface area contributed by atoms with Gasteiger partial charge in [-0.25, -0.2) is 0 Å². The summed E-state index contributed by atoms with van der Waals surface area (Å²) in [5.41, 5.74) is 0.915. The molecule has 0 atom stereocenters. The van der Waals surface area contributed by atoms with Crippen LogP contribution in [0.25, 0.3) is 0 Å². The zero-order valence-electron chi connectivity index (χ0n) is 6.49. The Balaban J connectivity index is 2.77. The van der Waals surface area contributed by atoms with Gasteiger partial charge in [0, 0.05) is 19.7 Å². The van der Waals surface area contributed by atoms with Crippen molar-refractivity contribution < 1.29 is 5.11 Å². The highest BCUT2D eigenvalue weighted by molar-refractivity contribution is 5.62. The number of nitrogens with zero attached hydrogens (tertiary/aromatic N) is 1. The summed E-state index contributed by atoms with van der Waals surface area (Å²) in [5.74, 6) is 0.340. The molecule has 0 unspecified atom stereocenters. The SMILES string of the molecule is CN=CCc1ccccc1O. The van der Waals surface area contributed by atoms with Crippen molar-refractivity contribution in [2.24, 2.45) is 4.99 Å². The Morgan fingerprint density at radius 3 is 2.82 bits per heavy atom. The minimum Gasteiger partial charge on any atom is -0.508 e. The molecule has 0 saturated carbocycles. The summed E-state index contributed by atoms with van der Waals surface area (Å²) in [6.45, 7) is 0. The lowest BCUT2D eigenvalue weighted by Crippen LogP contribution is -1.85. The van der Waals surface area contributed by atoms with Gasteiger partial charge in [0.15, 0.2) is 0 Å². The number of aliphatic imine (C=N–C) groups is 1. The molecular formula is C9H11NO. The first-order chi connectivity index (χ1) is 5.34. The predicted molar refractivity (Wildman–Crippen MR) is 46.2 cm³/mol. The number of hydrogen-bond donors (Lipinski definition) is 1. The van der Waals surface area contributed by atoms with Gasteiger partial charge in [-0.1, -0.05) is 18.2 Å². The van der Waals surface area contributed by atoms with E-state index in [0.29, 0.717) is 12.2 Å². The molecule has 0 aliphatic carbocycles. The molecule has 11 heavy (non-hydrogen) atoms. The van der Waals surface area contributed by atoms with Crippen LogP contribution in [-0.4, -0.2) is 18.4 Å². The van der Waals surface area contributed by atoms with Crippen LogP contribution in [0.4, 0.5) is 0 Å². The first-order valence-electron chi connectivity index (χ1n) is 3.52. The van der Waals surface area contributed by atoms with Gasteiger partial charge in [0.1, 0.15) is 5.75 Å². The van der Waals surface area contributed by atoms with Crippen LogP contribution in [0.1, 0.15) is 5.56 Å². The number of benzene rings is 1. The summed E-state index contributed by atoms with van der Waals surface area (Å²) in [7, 11) is 1.72. The van der Waals surface area contributed by atoms with Gasteiger partial charge in [-0.05, 0) is 11.6 Å². The molecule has 0 fully saturated rings. The van der Waals surface area contributed by atoms with Gasteiger partial charge in [0.25, 0.3) is 0 Å². The van der Waals surface area contributed by atoms with Crippen molar-refractivity contribution in [3.05, 3.63) is 29.8 Å². The third kappa shape index (κ3) is 2.08. The molecule has 0 saturated heterocycles. The van der Waals surface area contributed by atoms with Crippen molar-refractivity contribution in [3.63, 3.8) is 0 Å². The minimum atomic E-state index is 0.340. The summed E-state index contributed by atoms with van der Waals surface area (Å²) >= 11 is 0. The van der Waals surface area contributed by atoms with Crippen molar-refractivity contribution in [2.45, 2.75) is 6.42 Å². The molecule has 1 aromatic rings. The zero-order valence-corrected chi connectivity index (χ0v) is 6.49. The molecule has 0 aliphatic heterocycles. The maximum atomic E-state index is 9.28. The maximum Gasteiger partial charge on any atom is 0.119 e. The normalized spacial score (nSPS) is 10.6. The Morgan fingerprint density at radius 2 is 2.18 bits per heavy atom. The molecule has 1 N–H and O–H groups in total. The van der Waals surface area contributed by atoms with E-state index in [1.165, 1.54) is 0 Å². The monoisotopic (exact) mass is 149 g/mol. The number of rotatable bonds is 2. The highest BCUT2D eigenvalue weighted by atomic mass is 16.3. The maximum absolute atomic E-state index is 9.28. The van der Waals surface area contributed by atoms with Crippen molar-refractivity contribution in [1.29, 1.82) is 0 Å². The smallest absolute Gasteiger partial charge is 0.119 e. The van der Waals surface area contributed by atoms with E-state index in [0.717, 1.165) is 5.56 Å². The molecule has 1 aromatic carbocycles. The molecule has 0 heterocycles. The summed E-state index contributed by atoms with van der Waals surface area (Å²) < 4.78 is 0. The van der Waals surface area contributed by atoms with E-state index < -0.39 is 0 Å². The van der Waals surface area contributed by atoms with Crippen LogP contribution in [0, 0.1) is 0 Å². The lowest BCUT2D eigenvalue weighted by molar-refractivity contribution is 0.470. The summed E-state index contributed by atoms with van der Waals surface area (Å²) in [6, 6.07) is 7.27. The van der Waals surface area contributed by atoms with Crippen LogP contribution in [-0.2, 0) is 6.42 Å². The Bertz CT molecular complexity index is 255. The van der Waals surface area contributed by atoms with E-state index in [-0.39, 0.29) is 0 Å². The predicted octanol–water partition coefficient (Wildman–Crippen LogP) is 1.64. The van der Waals surface area contributed by atoms with Crippen LogP contribution in [0.2, 0.25) is 0 Å². The molecule has 58 valence electrons. The molecule has 2 heteroatoms. The molecule has 0 radical (unpaired) electrons. The fourth-order valence-electron chi connectivity index (χ4n) is 0.873. The van der Waals surface area contributed by atoms with Crippen molar-refractivity contribution in [3.8, 4) is 5.75 Å². The topological polar surface area (TPSA) is 32.6 Å². The second kappa shape index (κ2) is 3.76. The number of phenolic OH excluding ortho intramolecular Hbond substituents is 1. The molecule has 0 amide bonds. The molecule has 2 nitrogen and oxygen atoms in total. The van der Waals surface area contributed by atoms with Gasteiger partial charge >= 0.3 is 0 Å². The molecule has 0 spiro atoms. The number of aromatic hydroxyl groups is 1. The van der Waals surface area contributed by atoms with E-state index in [1.54, 1.807) is 19.3 Å². The van der Waals surface area contributed by atoms with E-state index >= 15 is 0 Å². The van der Waals surface area contributed by atoms with Gasteiger partial charge in [-0.15, -0.1) is 0 Å². The first-order valence-corrected chi connectivity index (χ1v) is 3.52. The van der Waals surface area contributed by atoms with Crippen LogP contribution in [0.5, 0.6) is 5.75 Å². The van der Waals surface area contributed by atoms with E-state index in [2.05, 4.69) is 4.99 Å². The van der Waals surface area contributed by atoms with Gasteiger partial charge < -0.3 is 10.1 Å². The Kier molecular flexibility index (Phi) is 2.66. The molecule has 0 aromatic heterocycles. The second-order valence-electron chi connectivity index (χ2n) is 2.27. The average molecular weight is 149 g/mol. The van der Waals surface area contributed by atoms with Crippen molar-refractivity contribution >= 4 is 6.21 Å². The van der Waals surface area contributed by atoms with Gasteiger partial charge in [-0.2, -0.15) is 0 Å². The van der Waals surface area contributed by atoms with E-state index in [9.17, 15) is 5.11 Å². The van der Waals surface area contributed by atoms with Gasteiger partial charge in [0.05, 0.1) is 0 Å². The van der Waals surface area contributed by atoms with Gasteiger partial charge in [-0.3, -0.25) is 0 Å². The standard InChI is InChI=1S/C9H11NO/c1-10-7-6-8-4-2-3-5-9(8)11/h2-5,7,11H,6H2,1H3. The van der Waals surface area contributed by atoms with Gasteiger partial charge in [0.2, 0.25) is 0 Å². The highest BCUT2D eigenvalue weighted by Crippen LogP contribution is 2.14. The average Bonchev–Trinajstić information content (AvgIpc) is 2.03. The number of phenols is 1. The fraction of sp³-hybridized carbons (Fsp3) is 0.222. The largest absolute Gasteiger partial charge is 0.508 e.